The number of rotatable bonds is 4. The largest absolute Gasteiger partial charge is 0.340 e. The summed E-state index contributed by atoms with van der Waals surface area (Å²) < 4.78 is 1.98. The molecule has 0 amide bonds. The van der Waals surface area contributed by atoms with Gasteiger partial charge in [-0.05, 0) is 24.6 Å². The number of imidazole rings is 1. The molecule has 1 heterocycles. The Kier molecular flexibility index (Phi) is 3.59. The fourth-order valence-electron chi connectivity index (χ4n) is 2.06. The van der Waals surface area contributed by atoms with Gasteiger partial charge in [0, 0.05) is 13.2 Å². The smallest absolute Gasteiger partial charge is 0.0947 e. The molecule has 1 aromatic heterocycles. The summed E-state index contributed by atoms with van der Waals surface area (Å²) in [5.74, 6) is 0. The molecule has 1 N–H and O–H groups in total. The lowest BCUT2D eigenvalue weighted by Crippen LogP contribution is -2.18. The van der Waals surface area contributed by atoms with Gasteiger partial charge in [0.05, 0.1) is 18.1 Å². The van der Waals surface area contributed by atoms with Gasteiger partial charge in [-0.3, -0.25) is 0 Å². The third-order valence-corrected chi connectivity index (χ3v) is 3.00. The molecule has 0 saturated carbocycles. The van der Waals surface area contributed by atoms with Crippen molar-refractivity contribution in [2.24, 2.45) is 7.05 Å². The molecule has 0 bridgehead atoms. The lowest BCUT2D eigenvalue weighted by molar-refractivity contribution is 0.673. The molecule has 90 valence electrons. The van der Waals surface area contributed by atoms with Crippen LogP contribution in [0.5, 0.6) is 0 Å². The fourth-order valence-corrected chi connectivity index (χ4v) is 2.06. The van der Waals surface area contributed by atoms with Crippen LogP contribution >= 0.6 is 0 Å². The second-order valence-electron chi connectivity index (χ2n) is 4.28. The van der Waals surface area contributed by atoms with Crippen LogP contribution < -0.4 is 5.32 Å². The molecule has 0 aliphatic rings. The van der Waals surface area contributed by atoms with E-state index in [4.69, 9.17) is 0 Å². The molecule has 3 nitrogen and oxygen atoms in total. The van der Waals surface area contributed by atoms with Crippen molar-refractivity contribution in [1.82, 2.24) is 14.9 Å². The highest BCUT2D eigenvalue weighted by molar-refractivity contribution is 5.30. The number of hydrogen-bond donors (Lipinski definition) is 1. The quantitative estimate of drug-likeness (QED) is 0.871. The minimum absolute atomic E-state index is 0.169. The standard InChI is InChI=1S/C14H19N3/c1-4-11-6-5-7-12(8-11)14(15-2)13-9-17(3)10-16-13/h5-10,14-15H,4H2,1-3H3. The van der Waals surface area contributed by atoms with E-state index >= 15 is 0 Å². The van der Waals surface area contributed by atoms with Crippen LogP contribution in [0, 0.1) is 0 Å². The zero-order chi connectivity index (χ0) is 12.3. The molecular weight excluding hydrogens is 210 g/mol. The Morgan fingerprint density at radius 1 is 1.41 bits per heavy atom. The van der Waals surface area contributed by atoms with Crippen LogP contribution in [0.1, 0.15) is 29.8 Å². The van der Waals surface area contributed by atoms with Crippen molar-refractivity contribution in [2.45, 2.75) is 19.4 Å². The molecule has 1 aromatic carbocycles. The zero-order valence-corrected chi connectivity index (χ0v) is 10.6. The second-order valence-corrected chi connectivity index (χ2v) is 4.28. The number of aryl methyl sites for hydroxylation is 2. The lowest BCUT2D eigenvalue weighted by Gasteiger charge is -2.15. The van der Waals surface area contributed by atoms with Gasteiger partial charge in [0.15, 0.2) is 0 Å². The molecule has 0 radical (unpaired) electrons. The van der Waals surface area contributed by atoms with Crippen molar-refractivity contribution in [3.8, 4) is 0 Å². The third kappa shape index (κ3) is 2.56. The van der Waals surface area contributed by atoms with E-state index in [0.717, 1.165) is 12.1 Å². The minimum Gasteiger partial charge on any atom is -0.340 e. The van der Waals surface area contributed by atoms with Crippen molar-refractivity contribution in [3.63, 3.8) is 0 Å². The van der Waals surface area contributed by atoms with Crippen molar-refractivity contribution >= 4 is 0 Å². The summed E-state index contributed by atoms with van der Waals surface area (Å²) in [6, 6.07) is 8.84. The monoisotopic (exact) mass is 229 g/mol. The predicted octanol–water partition coefficient (Wildman–Crippen LogP) is 2.29. The van der Waals surface area contributed by atoms with E-state index in [-0.39, 0.29) is 6.04 Å². The van der Waals surface area contributed by atoms with Crippen molar-refractivity contribution in [1.29, 1.82) is 0 Å². The molecule has 3 heteroatoms. The van der Waals surface area contributed by atoms with Crippen LogP contribution in [0.2, 0.25) is 0 Å². The average molecular weight is 229 g/mol. The Hall–Kier alpha value is -1.61. The maximum absolute atomic E-state index is 4.42. The first-order valence-electron chi connectivity index (χ1n) is 5.98. The van der Waals surface area contributed by atoms with Crippen LogP contribution in [0.4, 0.5) is 0 Å². The molecule has 17 heavy (non-hydrogen) atoms. The number of hydrogen-bond acceptors (Lipinski definition) is 2. The number of benzene rings is 1. The molecule has 0 spiro atoms. The lowest BCUT2D eigenvalue weighted by atomic mass is 10.0. The van der Waals surface area contributed by atoms with Crippen LogP contribution in [-0.4, -0.2) is 16.6 Å². The first-order valence-corrected chi connectivity index (χ1v) is 5.98. The Morgan fingerprint density at radius 3 is 2.82 bits per heavy atom. The zero-order valence-electron chi connectivity index (χ0n) is 10.6. The highest BCUT2D eigenvalue weighted by Gasteiger charge is 2.14. The molecular formula is C14H19N3. The van der Waals surface area contributed by atoms with Gasteiger partial charge in [0.1, 0.15) is 0 Å². The highest BCUT2D eigenvalue weighted by Crippen LogP contribution is 2.21. The van der Waals surface area contributed by atoms with Gasteiger partial charge in [-0.25, -0.2) is 4.98 Å². The third-order valence-electron chi connectivity index (χ3n) is 3.00. The second kappa shape index (κ2) is 5.15. The van der Waals surface area contributed by atoms with Crippen LogP contribution in [0.15, 0.2) is 36.8 Å². The van der Waals surface area contributed by atoms with Gasteiger partial charge in [-0.1, -0.05) is 31.2 Å². The van der Waals surface area contributed by atoms with E-state index in [9.17, 15) is 0 Å². The Balaban J connectivity index is 2.34. The Labute approximate surface area is 103 Å². The predicted molar refractivity (Wildman–Crippen MR) is 69.9 cm³/mol. The molecule has 0 aliphatic carbocycles. The van der Waals surface area contributed by atoms with Gasteiger partial charge in [0.2, 0.25) is 0 Å². The number of nitrogens with one attached hydrogen (secondary N) is 1. The van der Waals surface area contributed by atoms with Crippen LogP contribution in [0.3, 0.4) is 0 Å². The molecule has 1 atom stereocenters. The minimum atomic E-state index is 0.169. The van der Waals surface area contributed by atoms with E-state index in [1.54, 1.807) is 0 Å². The summed E-state index contributed by atoms with van der Waals surface area (Å²) in [6.45, 7) is 2.17. The van der Waals surface area contributed by atoms with Gasteiger partial charge in [-0.15, -0.1) is 0 Å². The first-order chi connectivity index (χ1) is 8.24. The number of nitrogens with zero attached hydrogens (tertiary/aromatic N) is 2. The van der Waals surface area contributed by atoms with Crippen LogP contribution in [-0.2, 0) is 13.5 Å². The van der Waals surface area contributed by atoms with Crippen molar-refractivity contribution in [3.05, 3.63) is 53.6 Å². The van der Waals surface area contributed by atoms with E-state index in [1.807, 2.05) is 25.0 Å². The molecule has 0 fully saturated rings. The van der Waals surface area contributed by atoms with Crippen molar-refractivity contribution < 1.29 is 0 Å². The van der Waals surface area contributed by atoms with Gasteiger partial charge >= 0.3 is 0 Å². The van der Waals surface area contributed by atoms with E-state index in [0.29, 0.717) is 0 Å². The Morgan fingerprint density at radius 2 is 2.24 bits per heavy atom. The van der Waals surface area contributed by atoms with Crippen LogP contribution in [0.25, 0.3) is 0 Å². The van der Waals surface area contributed by atoms with Gasteiger partial charge < -0.3 is 9.88 Å². The number of aromatic nitrogens is 2. The maximum atomic E-state index is 4.42. The summed E-state index contributed by atoms with van der Waals surface area (Å²) in [5, 5.41) is 3.32. The maximum Gasteiger partial charge on any atom is 0.0947 e. The average Bonchev–Trinajstić information content (AvgIpc) is 2.77. The van der Waals surface area contributed by atoms with E-state index in [1.165, 1.54) is 11.1 Å². The van der Waals surface area contributed by atoms with Gasteiger partial charge in [0.25, 0.3) is 0 Å². The topological polar surface area (TPSA) is 29.9 Å². The molecule has 1 unspecified atom stereocenters. The Bertz CT molecular complexity index is 488. The normalized spacial score (nSPS) is 12.6. The summed E-state index contributed by atoms with van der Waals surface area (Å²) in [7, 11) is 3.96. The fraction of sp³-hybridized carbons (Fsp3) is 0.357. The molecule has 0 saturated heterocycles. The summed E-state index contributed by atoms with van der Waals surface area (Å²) in [4.78, 5) is 4.42. The SMILES string of the molecule is CCc1cccc(C(NC)c2cn(C)cn2)c1. The summed E-state index contributed by atoms with van der Waals surface area (Å²) in [6.07, 6.45) is 4.95. The molecule has 2 rings (SSSR count). The summed E-state index contributed by atoms with van der Waals surface area (Å²) in [5.41, 5.74) is 3.69. The first kappa shape index (κ1) is 11.9. The summed E-state index contributed by atoms with van der Waals surface area (Å²) >= 11 is 0. The van der Waals surface area contributed by atoms with Gasteiger partial charge in [-0.2, -0.15) is 0 Å². The van der Waals surface area contributed by atoms with E-state index in [2.05, 4.69) is 47.7 Å². The highest BCUT2D eigenvalue weighted by atomic mass is 15.0. The van der Waals surface area contributed by atoms with E-state index < -0.39 is 0 Å². The van der Waals surface area contributed by atoms with Crippen molar-refractivity contribution in [2.75, 3.05) is 7.05 Å². The molecule has 0 aliphatic heterocycles. The molecule has 2 aromatic rings.